The number of carbonyl (C=O) groups excluding carboxylic acids is 1. The first kappa shape index (κ1) is 18.8. The van der Waals surface area contributed by atoms with E-state index in [1.165, 1.54) is 13.2 Å². The second-order valence-electron chi connectivity index (χ2n) is 5.43. The highest BCUT2D eigenvalue weighted by molar-refractivity contribution is 5.72. The summed E-state index contributed by atoms with van der Waals surface area (Å²) in [5.41, 5.74) is 1.52. The zero-order chi connectivity index (χ0) is 18.4. The largest absolute Gasteiger partial charge is 0.496 e. The van der Waals surface area contributed by atoms with Gasteiger partial charge in [0.15, 0.2) is 0 Å². The fourth-order valence-corrected chi connectivity index (χ4v) is 2.60. The molecule has 0 heterocycles. The standard InChI is InChI=1S/C19H19F3O3/c1-3-25-18(23)12-16(19(20,21)22)15-10-9-14(11-17(15)24-2)13-7-5-4-6-8-13/h4-11,16H,3,12H2,1-2H3. The molecule has 0 bridgehead atoms. The summed E-state index contributed by atoms with van der Waals surface area (Å²) < 4.78 is 50.3. The van der Waals surface area contributed by atoms with Gasteiger partial charge in [0, 0.05) is 5.56 Å². The van der Waals surface area contributed by atoms with Crippen molar-refractivity contribution in [1.29, 1.82) is 0 Å². The number of rotatable bonds is 6. The van der Waals surface area contributed by atoms with Crippen LogP contribution in [-0.2, 0) is 9.53 Å². The molecule has 0 spiro atoms. The predicted octanol–water partition coefficient (Wildman–Crippen LogP) is 4.96. The van der Waals surface area contributed by atoms with Crippen LogP contribution in [0.2, 0.25) is 0 Å². The first-order valence-electron chi connectivity index (χ1n) is 7.82. The molecule has 0 saturated carbocycles. The van der Waals surface area contributed by atoms with Crippen LogP contribution in [0.15, 0.2) is 48.5 Å². The van der Waals surface area contributed by atoms with Gasteiger partial charge in [0.25, 0.3) is 0 Å². The summed E-state index contributed by atoms with van der Waals surface area (Å²) >= 11 is 0. The zero-order valence-electron chi connectivity index (χ0n) is 14.0. The van der Waals surface area contributed by atoms with Crippen LogP contribution in [0, 0.1) is 0 Å². The fourth-order valence-electron chi connectivity index (χ4n) is 2.60. The van der Waals surface area contributed by atoms with Crippen molar-refractivity contribution in [3.8, 4) is 16.9 Å². The second-order valence-corrected chi connectivity index (χ2v) is 5.43. The van der Waals surface area contributed by atoms with E-state index in [2.05, 4.69) is 4.74 Å². The van der Waals surface area contributed by atoms with E-state index in [1.807, 2.05) is 30.3 Å². The van der Waals surface area contributed by atoms with Crippen molar-refractivity contribution in [1.82, 2.24) is 0 Å². The first-order valence-corrected chi connectivity index (χ1v) is 7.82. The Bertz CT molecular complexity index is 712. The Kier molecular flexibility index (Phi) is 6.07. The monoisotopic (exact) mass is 352 g/mol. The van der Waals surface area contributed by atoms with Crippen molar-refractivity contribution in [3.63, 3.8) is 0 Å². The van der Waals surface area contributed by atoms with Gasteiger partial charge in [-0.2, -0.15) is 13.2 Å². The molecule has 2 aromatic rings. The molecule has 3 nitrogen and oxygen atoms in total. The smallest absolute Gasteiger partial charge is 0.396 e. The van der Waals surface area contributed by atoms with Crippen molar-refractivity contribution in [2.75, 3.05) is 13.7 Å². The maximum Gasteiger partial charge on any atom is 0.396 e. The molecule has 1 atom stereocenters. The van der Waals surface area contributed by atoms with Crippen LogP contribution in [0.4, 0.5) is 13.2 Å². The number of halogens is 3. The van der Waals surface area contributed by atoms with E-state index in [0.717, 1.165) is 11.1 Å². The number of carbonyl (C=O) groups is 1. The number of hydrogen-bond acceptors (Lipinski definition) is 3. The minimum atomic E-state index is -4.59. The van der Waals surface area contributed by atoms with E-state index in [1.54, 1.807) is 19.1 Å². The summed E-state index contributed by atoms with van der Waals surface area (Å²) in [6.45, 7) is 1.59. The van der Waals surface area contributed by atoms with Gasteiger partial charge >= 0.3 is 12.1 Å². The molecule has 0 aliphatic rings. The summed E-state index contributed by atoms with van der Waals surface area (Å²) in [7, 11) is 1.31. The predicted molar refractivity (Wildman–Crippen MR) is 88.5 cm³/mol. The minimum absolute atomic E-state index is 0.0352. The summed E-state index contributed by atoms with van der Waals surface area (Å²) in [5, 5.41) is 0. The van der Waals surface area contributed by atoms with Gasteiger partial charge in [0.05, 0.1) is 26.1 Å². The molecule has 0 N–H and O–H groups in total. The molecule has 0 amide bonds. The number of alkyl halides is 3. The molecule has 25 heavy (non-hydrogen) atoms. The van der Waals surface area contributed by atoms with E-state index in [-0.39, 0.29) is 17.9 Å². The van der Waals surface area contributed by atoms with Crippen LogP contribution in [-0.4, -0.2) is 25.9 Å². The minimum Gasteiger partial charge on any atom is -0.496 e. The summed E-state index contributed by atoms with van der Waals surface area (Å²) in [6, 6.07) is 13.8. The molecular weight excluding hydrogens is 333 g/mol. The Morgan fingerprint density at radius 3 is 2.32 bits per heavy atom. The van der Waals surface area contributed by atoms with Gasteiger partial charge in [-0.05, 0) is 24.1 Å². The quantitative estimate of drug-likeness (QED) is 0.689. The van der Waals surface area contributed by atoms with Crippen LogP contribution in [0.25, 0.3) is 11.1 Å². The number of hydrogen-bond donors (Lipinski definition) is 0. The molecule has 0 fully saturated rings. The highest BCUT2D eigenvalue weighted by Crippen LogP contribution is 2.42. The van der Waals surface area contributed by atoms with E-state index in [0.29, 0.717) is 0 Å². The van der Waals surface area contributed by atoms with Gasteiger partial charge in [-0.15, -0.1) is 0 Å². The Labute approximate surface area is 144 Å². The molecule has 1 unspecified atom stereocenters. The van der Waals surface area contributed by atoms with E-state index in [9.17, 15) is 18.0 Å². The van der Waals surface area contributed by atoms with E-state index in [4.69, 9.17) is 4.74 Å². The molecule has 0 radical (unpaired) electrons. The Morgan fingerprint density at radius 2 is 1.76 bits per heavy atom. The molecule has 0 saturated heterocycles. The molecule has 0 aliphatic carbocycles. The fraction of sp³-hybridized carbons (Fsp3) is 0.316. The lowest BCUT2D eigenvalue weighted by molar-refractivity contribution is -0.166. The van der Waals surface area contributed by atoms with Crippen molar-refractivity contribution >= 4 is 5.97 Å². The van der Waals surface area contributed by atoms with Gasteiger partial charge in [0.1, 0.15) is 5.75 Å². The third-order valence-corrected chi connectivity index (χ3v) is 3.79. The number of methoxy groups -OCH3 is 1. The number of esters is 1. The van der Waals surface area contributed by atoms with Crippen LogP contribution in [0.1, 0.15) is 24.8 Å². The third kappa shape index (κ3) is 4.75. The van der Waals surface area contributed by atoms with Crippen LogP contribution >= 0.6 is 0 Å². The molecule has 2 rings (SSSR count). The lowest BCUT2D eigenvalue weighted by Crippen LogP contribution is -2.25. The lowest BCUT2D eigenvalue weighted by Gasteiger charge is -2.22. The topological polar surface area (TPSA) is 35.5 Å². The maximum absolute atomic E-state index is 13.5. The molecule has 0 aliphatic heterocycles. The van der Waals surface area contributed by atoms with Crippen molar-refractivity contribution in [3.05, 3.63) is 54.1 Å². The molecular formula is C19H19F3O3. The average molecular weight is 352 g/mol. The van der Waals surface area contributed by atoms with Crippen molar-refractivity contribution in [2.45, 2.75) is 25.4 Å². The van der Waals surface area contributed by atoms with E-state index >= 15 is 0 Å². The Morgan fingerprint density at radius 1 is 1.08 bits per heavy atom. The van der Waals surface area contributed by atoms with Gasteiger partial charge in [-0.25, -0.2) is 0 Å². The number of benzene rings is 2. The highest BCUT2D eigenvalue weighted by atomic mass is 19.4. The molecule has 2 aromatic carbocycles. The third-order valence-electron chi connectivity index (χ3n) is 3.79. The van der Waals surface area contributed by atoms with Crippen LogP contribution in [0.5, 0.6) is 5.75 Å². The van der Waals surface area contributed by atoms with Crippen molar-refractivity contribution in [2.24, 2.45) is 0 Å². The maximum atomic E-state index is 13.5. The average Bonchev–Trinajstić information content (AvgIpc) is 2.59. The highest BCUT2D eigenvalue weighted by Gasteiger charge is 2.43. The van der Waals surface area contributed by atoms with Gasteiger partial charge < -0.3 is 9.47 Å². The SMILES string of the molecule is CCOC(=O)CC(c1ccc(-c2ccccc2)cc1OC)C(F)(F)F. The summed E-state index contributed by atoms with van der Waals surface area (Å²) in [5.74, 6) is -2.78. The van der Waals surface area contributed by atoms with Crippen molar-refractivity contribution < 1.29 is 27.4 Å². The first-order chi connectivity index (χ1) is 11.9. The molecule has 0 aromatic heterocycles. The van der Waals surface area contributed by atoms with E-state index < -0.39 is 24.5 Å². The lowest BCUT2D eigenvalue weighted by atomic mass is 9.92. The number of ether oxygens (including phenoxy) is 2. The summed E-state index contributed by atoms with van der Waals surface area (Å²) in [4.78, 5) is 11.6. The van der Waals surface area contributed by atoms with Crippen LogP contribution < -0.4 is 4.74 Å². The second kappa shape index (κ2) is 8.05. The van der Waals surface area contributed by atoms with Crippen LogP contribution in [0.3, 0.4) is 0 Å². The van der Waals surface area contributed by atoms with Gasteiger partial charge in [-0.3, -0.25) is 4.79 Å². The van der Waals surface area contributed by atoms with Gasteiger partial charge in [-0.1, -0.05) is 42.5 Å². The Balaban J connectivity index is 2.42. The Hall–Kier alpha value is -2.50. The normalized spacial score (nSPS) is 12.5. The molecule has 6 heteroatoms. The van der Waals surface area contributed by atoms with Gasteiger partial charge in [0.2, 0.25) is 0 Å². The summed E-state index contributed by atoms with van der Waals surface area (Å²) in [6.07, 6.45) is -5.37. The molecule has 134 valence electrons. The zero-order valence-corrected chi connectivity index (χ0v) is 14.0.